The van der Waals surface area contributed by atoms with Crippen LogP contribution in [0.2, 0.25) is 0 Å². The van der Waals surface area contributed by atoms with Gasteiger partial charge in [-0.05, 0) is 34.1 Å². The van der Waals surface area contributed by atoms with Gasteiger partial charge < -0.3 is 5.32 Å². The molecule has 1 aliphatic heterocycles. The molecule has 0 aromatic rings. The molecule has 0 aliphatic carbocycles. The Labute approximate surface area is 116 Å². The Kier molecular flexibility index (Phi) is 5.80. The van der Waals surface area contributed by atoms with E-state index in [1.807, 2.05) is 0 Å². The lowest BCUT2D eigenvalue weighted by molar-refractivity contribution is -0.124. The Morgan fingerprint density at radius 2 is 1.84 bits per heavy atom. The number of amides is 1. The van der Waals surface area contributed by atoms with Crippen LogP contribution in [0.25, 0.3) is 0 Å². The van der Waals surface area contributed by atoms with Gasteiger partial charge in [0.05, 0.1) is 17.4 Å². The first-order chi connectivity index (χ1) is 8.73. The van der Waals surface area contributed by atoms with Crippen molar-refractivity contribution in [3.8, 4) is 0 Å². The molecule has 0 saturated carbocycles. The van der Waals surface area contributed by atoms with E-state index in [0.29, 0.717) is 25.0 Å². The number of hydrogen-bond donors (Lipinski definition) is 1. The quantitative estimate of drug-likeness (QED) is 0.780. The molecule has 1 N–H and O–H groups in total. The molecule has 1 atom stereocenters. The fourth-order valence-corrected chi connectivity index (χ4v) is 4.31. The van der Waals surface area contributed by atoms with Gasteiger partial charge >= 0.3 is 0 Å². The number of nitrogens with one attached hydrogen (secondary N) is 1. The zero-order valence-electron chi connectivity index (χ0n) is 12.3. The highest BCUT2D eigenvalue weighted by molar-refractivity contribution is 7.91. The average Bonchev–Trinajstić information content (AvgIpc) is 2.63. The maximum Gasteiger partial charge on any atom is 0.224 e. The number of carbonyl (C=O) groups excluding carboxylic acids is 1. The van der Waals surface area contributed by atoms with Gasteiger partial charge in [-0.1, -0.05) is 0 Å². The maximum atomic E-state index is 11.9. The topological polar surface area (TPSA) is 66.5 Å². The van der Waals surface area contributed by atoms with Crippen molar-refractivity contribution < 1.29 is 13.2 Å². The first kappa shape index (κ1) is 16.4. The van der Waals surface area contributed by atoms with Crippen LogP contribution in [0.4, 0.5) is 0 Å². The van der Waals surface area contributed by atoms with Crippen LogP contribution < -0.4 is 5.32 Å². The Balaban J connectivity index is 2.35. The van der Waals surface area contributed by atoms with Gasteiger partial charge in [0, 0.05) is 25.2 Å². The van der Waals surface area contributed by atoms with E-state index < -0.39 is 9.84 Å². The van der Waals surface area contributed by atoms with Gasteiger partial charge in [0.25, 0.3) is 0 Å². The Morgan fingerprint density at radius 3 is 2.26 bits per heavy atom. The van der Waals surface area contributed by atoms with E-state index in [1.54, 1.807) is 0 Å². The Morgan fingerprint density at radius 1 is 1.26 bits per heavy atom. The first-order valence-electron chi connectivity index (χ1n) is 6.97. The molecule has 0 radical (unpaired) electrons. The highest BCUT2D eigenvalue weighted by Gasteiger charge is 2.32. The molecule has 19 heavy (non-hydrogen) atoms. The van der Waals surface area contributed by atoms with Gasteiger partial charge in [-0.3, -0.25) is 9.69 Å². The third kappa shape index (κ3) is 5.10. The van der Waals surface area contributed by atoms with Crippen LogP contribution in [-0.2, 0) is 14.6 Å². The molecule has 1 heterocycles. The average molecular weight is 290 g/mol. The molecule has 1 amide bonds. The van der Waals surface area contributed by atoms with E-state index in [0.717, 1.165) is 6.54 Å². The summed E-state index contributed by atoms with van der Waals surface area (Å²) >= 11 is 0. The van der Waals surface area contributed by atoms with Crippen LogP contribution in [-0.4, -0.2) is 55.9 Å². The minimum Gasteiger partial charge on any atom is -0.355 e. The van der Waals surface area contributed by atoms with Crippen LogP contribution in [0.3, 0.4) is 0 Å². The van der Waals surface area contributed by atoms with Crippen molar-refractivity contribution in [1.29, 1.82) is 0 Å². The number of sulfone groups is 1. The second-order valence-corrected chi connectivity index (χ2v) is 8.05. The minimum absolute atomic E-state index is 0.0108. The molecule has 0 spiro atoms. The van der Waals surface area contributed by atoms with Crippen molar-refractivity contribution in [3.63, 3.8) is 0 Å². The molecule has 0 aromatic carbocycles. The molecular weight excluding hydrogens is 264 g/mol. The molecule has 1 rings (SSSR count). The van der Waals surface area contributed by atoms with Crippen molar-refractivity contribution in [2.75, 3.05) is 24.6 Å². The largest absolute Gasteiger partial charge is 0.355 e. The van der Waals surface area contributed by atoms with E-state index in [-0.39, 0.29) is 23.3 Å². The van der Waals surface area contributed by atoms with Crippen molar-refractivity contribution >= 4 is 15.7 Å². The summed E-state index contributed by atoms with van der Waals surface area (Å²) in [5.74, 6) is -0.309. The van der Waals surface area contributed by atoms with Crippen LogP contribution >= 0.6 is 0 Å². The summed E-state index contributed by atoms with van der Waals surface area (Å²) < 4.78 is 22.6. The molecule has 1 aliphatic rings. The van der Waals surface area contributed by atoms with Gasteiger partial charge in [0.1, 0.15) is 0 Å². The SMILES string of the molecule is CC(C)N(CCNC(=O)[C@H]1CCS(=O)(=O)C1)C(C)C. The van der Waals surface area contributed by atoms with E-state index in [4.69, 9.17) is 0 Å². The highest BCUT2D eigenvalue weighted by Crippen LogP contribution is 2.18. The van der Waals surface area contributed by atoms with Gasteiger partial charge in [-0.25, -0.2) is 8.42 Å². The van der Waals surface area contributed by atoms with Gasteiger partial charge in [0.2, 0.25) is 5.91 Å². The number of carbonyl (C=O) groups is 1. The van der Waals surface area contributed by atoms with Crippen molar-refractivity contribution in [2.45, 2.75) is 46.2 Å². The van der Waals surface area contributed by atoms with Crippen LogP contribution in [0, 0.1) is 5.92 Å². The van der Waals surface area contributed by atoms with E-state index in [2.05, 4.69) is 37.9 Å². The minimum atomic E-state index is -2.98. The molecule has 1 saturated heterocycles. The normalized spacial score (nSPS) is 22.4. The number of rotatable bonds is 6. The Hall–Kier alpha value is -0.620. The zero-order chi connectivity index (χ0) is 14.6. The fraction of sp³-hybridized carbons (Fsp3) is 0.923. The second kappa shape index (κ2) is 6.70. The molecule has 0 unspecified atom stereocenters. The summed E-state index contributed by atoms with van der Waals surface area (Å²) in [6, 6.07) is 0.868. The second-order valence-electron chi connectivity index (χ2n) is 5.82. The predicted octanol–water partition coefficient (Wildman–Crippen LogP) is 0.656. The lowest BCUT2D eigenvalue weighted by Crippen LogP contribution is -2.43. The lowest BCUT2D eigenvalue weighted by atomic mass is 10.1. The molecule has 112 valence electrons. The third-order valence-electron chi connectivity index (χ3n) is 3.60. The van der Waals surface area contributed by atoms with Gasteiger partial charge in [-0.15, -0.1) is 0 Å². The first-order valence-corrected chi connectivity index (χ1v) is 8.79. The van der Waals surface area contributed by atoms with Crippen LogP contribution in [0.1, 0.15) is 34.1 Å². The van der Waals surface area contributed by atoms with Crippen molar-refractivity contribution in [1.82, 2.24) is 10.2 Å². The number of hydrogen-bond acceptors (Lipinski definition) is 4. The summed E-state index contributed by atoms with van der Waals surface area (Å²) in [5.41, 5.74) is 0. The predicted molar refractivity (Wildman–Crippen MR) is 76.7 cm³/mol. The Bertz CT molecular complexity index is 396. The van der Waals surface area contributed by atoms with E-state index in [9.17, 15) is 13.2 Å². The van der Waals surface area contributed by atoms with Crippen molar-refractivity contribution in [2.24, 2.45) is 5.92 Å². The smallest absolute Gasteiger partial charge is 0.224 e. The van der Waals surface area contributed by atoms with Gasteiger partial charge in [0.15, 0.2) is 9.84 Å². The molecule has 5 nitrogen and oxygen atoms in total. The van der Waals surface area contributed by atoms with E-state index in [1.165, 1.54) is 0 Å². The lowest BCUT2D eigenvalue weighted by Gasteiger charge is -2.30. The highest BCUT2D eigenvalue weighted by atomic mass is 32.2. The standard InChI is InChI=1S/C13H26N2O3S/c1-10(2)15(11(3)4)7-6-14-13(16)12-5-8-19(17,18)9-12/h10-12H,5-9H2,1-4H3,(H,14,16)/t12-/m0/s1. The summed E-state index contributed by atoms with van der Waals surface area (Å²) in [6.07, 6.45) is 0.465. The summed E-state index contributed by atoms with van der Waals surface area (Å²) in [4.78, 5) is 14.2. The maximum absolute atomic E-state index is 11.9. The summed E-state index contributed by atoms with van der Waals surface area (Å²) in [7, 11) is -2.98. The molecular formula is C13H26N2O3S. The fourth-order valence-electron chi connectivity index (χ4n) is 2.57. The molecule has 0 aromatic heterocycles. The van der Waals surface area contributed by atoms with Crippen molar-refractivity contribution in [3.05, 3.63) is 0 Å². The van der Waals surface area contributed by atoms with Gasteiger partial charge in [-0.2, -0.15) is 0 Å². The molecule has 0 bridgehead atoms. The molecule has 6 heteroatoms. The molecule has 1 fully saturated rings. The van der Waals surface area contributed by atoms with E-state index >= 15 is 0 Å². The van der Waals surface area contributed by atoms with Crippen LogP contribution in [0.15, 0.2) is 0 Å². The zero-order valence-corrected chi connectivity index (χ0v) is 13.2. The third-order valence-corrected chi connectivity index (χ3v) is 5.37. The monoisotopic (exact) mass is 290 g/mol. The summed E-state index contributed by atoms with van der Waals surface area (Å²) in [5, 5.41) is 2.86. The van der Waals surface area contributed by atoms with Crippen LogP contribution in [0.5, 0.6) is 0 Å². The summed E-state index contributed by atoms with van der Waals surface area (Å²) in [6.45, 7) is 9.89. The number of nitrogens with zero attached hydrogens (tertiary/aromatic N) is 1.